The van der Waals surface area contributed by atoms with Gasteiger partial charge >= 0.3 is 0 Å². The minimum Gasteiger partial charge on any atom is -0.330 e. The van der Waals surface area contributed by atoms with Crippen LogP contribution in [-0.2, 0) is 0 Å². The van der Waals surface area contributed by atoms with Crippen LogP contribution in [0.1, 0.15) is 46.0 Å². The van der Waals surface area contributed by atoms with Crippen LogP contribution >= 0.6 is 0 Å². The average Bonchev–Trinajstić information content (AvgIpc) is 2.06. The summed E-state index contributed by atoms with van der Waals surface area (Å²) in [4.78, 5) is 0. The molecule has 0 aliphatic rings. The Morgan fingerprint density at radius 2 is 1.58 bits per heavy atom. The molecule has 0 aliphatic carbocycles. The van der Waals surface area contributed by atoms with Gasteiger partial charge in [0, 0.05) is 5.54 Å². The lowest BCUT2D eigenvalue weighted by molar-refractivity contribution is 0.278. The molecular formula is C10H24N2. The van der Waals surface area contributed by atoms with E-state index in [1.54, 1.807) is 0 Å². The van der Waals surface area contributed by atoms with Crippen molar-refractivity contribution >= 4 is 0 Å². The van der Waals surface area contributed by atoms with Gasteiger partial charge in [0.2, 0.25) is 0 Å². The lowest BCUT2D eigenvalue weighted by Gasteiger charge is -2.33. The summed E-state index contributed by atoms with van der Waals surface area (Å²) in [5.74, 6) is 0. The fraction of sp³-hybridized carbons (Fsp3) is 1.00. The molecule has 2 nitrogen and oxygen atoms in total. The summed E-state index contributed by atoms with van der Waals surface area (Å²) in [7, 11) is 2.06. The Labute approximate surface area is 76.9 Å². The zero-order valence-corrected chi connectivity index (χ0v) is 8.82. The Morgan fingerprint density at radius 3 is 1.83 bits per heavy atom. The second-order valence-electron chi connectivity index (χ2n) is 3.57. The minimum atomic E-state index is 0.318. The standard InChI is InChI=1S/C10H24N2/c1-4-6-10(12-3,7-5-2)8-9-11/h12H,4-9,11H2,1-3H3. The molecule has 0 bridgehead atoms. The first-order chi connectivity index (χ1) is 5.74. The molecule has 0 unspecified atom stereocenters. The van der Waals surface area contributed by atoms with Crippen LogP contribution in [0.5, 0.6) is 0 Å². The zero-order chi connectivity index (χ0) is 9.45. The molecule has 0 amide bonds. The van der Waals surface area contributed by atoms with Crippen LogP contribution in [0.4, 0.5) is 0 Å². The maximum Gasteiger partial charge on any atom is 0.0190 e. The van der Waals surface area contributed by atoms with E-state index in [4.69, 9.17) is 5.73 Å². The van der Waals surface area contributed by atoms with Crippen LogP contribution in [0, 0.1) is 0 Å². The first-order valence-corrected chi connectivity index (χ1v) is 5.13. The molecule has 3 N–H and O–H groups in total. The van der Waals surface area contributed by atoms with E-state index in [0.29, 0.717) is 5.54 Å². The van der Waals surface area contributed by atoms with Crippen molar-refractivity contribution in [2.75, 3.05) is 13.6 Å². The van der Waals surface area contributed by atoms with E-state index in [0.717, 1.165) is 13.0 Å². The predicted octanol–water partition coefficient (Wildman–Crippen LogP) is 1.89. The first-order valence-electron chi connectivity index (χ1n) is 5.13. The molecule has 2 heteroatoms. The molecular weight excluding hydrogens is 148 g/mol. The third-order valence-electron chi connectivity index (χ3n) is 2.61. The largest absolute Gasteiger partial charge is 0.330 e. The van der Waals surface area contributed by atoms with E-state index in [2.05, 4.69) is 26.2 Å². The van der Waals surface area contributed by atoms with E-state index in [9.17, 15) is 0 Å². The summed E-state index contributed by atoms with van der Waals surface area (Å²) in [6.07, 6.45) is 6.07. The molecule has 0 rings (SSSR count). The fourth-order valence-electron chi connectivity index (χ4n) is 1.98. The van der Waals surface area contributed by atoms with Crippen LogP contribution in [0.2, 0.25) is 0 Å². The quantitative estimate of drug-likeness (QED) is 0.615. The van der Waals surface area contributed by atoms with Gasteiger partial charge in [-0.25, -0.2) is 0 Å². The van der Waals surface area contributed by atoms with Gasteiger partial charge < -0.3 is 11.1 Å². The molecule has 0 aromatic carbocycles. The molecule has 0 saturated heterocycles. The lowest BCUT2D eigenvalue weighted by Crippen LogP contribution is -2.44. The van der Waals surface area contributed by atoms with Crippen LogP contribution in [0.15, 0.2) is 0 Å². The van der Waals surface area contributed by atoms with E-state index in [-0.39, 0.29) is 0 Å². The van der Waals surface area contributed by atoms with Crippen molar-refractivity contribution in [3.05, 3.63) is 0 Å². The van der Waals surface area contributed by atoms with Gasteiger partial charge in [-0.2, -0.15) is 0 Å². The second kappa shape index (κ2) is 6.44. The fourth-order valence-corrected chi connectivity index (χ4v) is 1.98. The van der Waals surface area contributed by atoms with Crippen LogP contribution < -0.4 is 11.1 Å². The number of nitrogens with two attached hydrogens (primary N) is 1. The van der Waals surface area contributed by atoms with Crippen molar-refractivity contribution in [1.82, 2.24) is 5.32 Å². The lowest BCUT2D eigenvalue weighted by atomic mass is 9.85. The number of nitrogens with one attached hydrogen (secondary N) is 1. The predicted molar refractivity (Wildman–Crippen MR) is 55.3 cm³/mol. The van der Waals surface area contributed by atoms with Crippen LogP contribution in [-0.4, -0.2) is 19.1 Å². The smallest absolute Gasteiger partial charge is 0.0190 e. The topological polar surface area (TPSA) is 38.0 Å². The number of rotatable bonds is 7. The zero-order valence-electron chi connectivity index (χ0n) is 8.82. The van der Waals surface area contributed by atoms with Crippen LogP contribution in [0.25, 0.3) is 0 Å². The Morgan fingerprint density at radius 1 is 1.08 bits per heavy atom. The second-order valence-corrected chi connectivity index (χ2v) is 3.57. The SMILES string of the molecule is CCCC(CCC)(CCN)NC. The number of hydrogen-bond acceptors (Lipinski definition) is 2. The van der Waals surface area contributed by atoms with Gasteiger partial charge in [0.05, 0.1) is 0 Å². The molecule has 0 atom stereocenters. The highest BCUT2D eigenvalue weighted by molar-refractivity contribution is 4.85. The highest BCUT2D eigenvalue weighted by Crippen LogP contribution is 2.22. The highest BCUT2D eigenvalue weighted by atomic mass is 14.9. The summed E-state index contributed by atoms with van der Waals surface area (Å²) < 4.78 is 0. The molecule has 0 heterocycles. The molecule has 0 aromatic heterocycles. The van der Waals surface area contributed by atoms with Crippen LogP contribution in [0.3, 0.4) is 0 Å². The number of hydrogen-bond donors (Lipinski definition) is 2. The van der Waals surface area contributed by atoms with Gasteiger partial charge in [-0.1, -0.05) is 26.7 Å². The van der Waals surface area contributed by atoms with E-state index >= 15 is 0 Å². The van der Waals surface area contributed by atoms with Gasteiger partial charge in [0.25, 0.3) is 0 Å². The Kier molecular flexibility index (Phi) is 6.39. The van der Waals surface area contributed by atoms with Crippen molar-refractivity contribution < 1.29 is 0 Å². The average molecular weight is 172 g/mol. The van der Waals surface area contributed by atoms with E-state index < -0.39 is 0 Å². The van der Waals surface area contributed by atoms with Gasteiger partial charge in [0.15, 0.2) is 0 Å². The summed E-state index contributed by atoms with van der Waals surface area (Å²) in [6.45, 7) is 5.26. The summed E-state index contributed by atoms with van der Waals surface area (Å²) in [5, 5.41) is 3.44. The summed E-state index contributed by atoms with van der Waals surface area (Å²) in [5.41, 5.74) is 5.93. The Hall–Kier alpha value is -0.0800. The van der Waals surface area contributed by atoms with Gasteiger partial charge in [-0.3, -0.25) is 0 Å². The third-order valence-corrected chi connectivity index (χ3v) is 2.61. The molecule has 0 aliphatic heterocycles. The third kappa shape index (κ3) is 3.55. The highest BCUT2D eigenvalue weighted by Gasteiger charge is 2.24. The Bertz CT molecular complexity index is 85.0. The van der Waals surface area contributed by atoms with E-state index in [1.165, 1.54) is 25.7 Å². The molecule has 12 heavy (non-hydrogen) atoms. The van der Waals surface area contributed by atoms with Gasteiger partial charge in [-0.15, -0.1) is 0 Å². The van der Waals surface area contributed by atoms with Crippen molar-refractivity contribution in [2.45, 2.75) is 51.5 Å². The monoisotopic (exact) mass is 172 g/mol. The normalized spacial score (nSPS) is 12.0. The molecule has 0 saturated carbocycles. The van der Waals surface area contributed by atoms with Gasteiger partial charge in [-0.05, 0) is 32.9 Å². The molecule has 0 spiro atoms. The Balaban J connectivity index is 4.06. The maximum atomic E-state index is 5.61. The van der Waals surface area contributed by atoms with E-state index in [1.807, 2.05) is 0 Å². The molecule has 74 valence electrons. The first kappa shape index (κ1) is 11.9. The minimum absolute atomic E-state index is 0.318. The summed E-state index contributed by atoms with van der Waals surface area (Å²) >= 11 is 0. The molecule has 0 radical (unpaired) electrons. The molecule has 0 fully saturated rings. The maximum absolute atomic E-state index is 5.61. The van der Waals surface area contributed by atoms with Crippen molar-refractivity contribution in [1.29, 1.82) is 0 Å². The van der Waals surface area contributed by atoms with Crippen molar-refractivity contribution in [3.8, 4) is 0 Å². The van der Waals surface area contributed by atoms with Gasteiger partial charge in [0.1, 0.15) is 0 Å². The molecule has 0 aromatic rings. The van der Waals surface area contributed by atoms with Crippen molar-refractivity contribution in [2.24, 2.45) is 5.73 Å². The summed E-state index contributed by atoms with van der Waals surface area (Å²) in [6, 6.07) is 0. The van der Waals surface area contributed by atoms with Crippen molar-refractivity contribution in [3.63, 3.8) is 0 Å².